The molecular formula is C25H23N3O. The molecule has 2 amide bonds. The molecule has 29 heavy (non-hydrogen) atoms. The summed E-state index contributed by atoms with van der Waals surface area (Å²) in [7, 11) is 0. The van der Waals surface area contributed by atoms with Gasteiger partial charge < -0.3 is 15.2 Å². The topological polar surface area (TPSA) is 48.1 Å². The van der Waals surface area contributed by atoms with Crippen LogP contribution in [0.2, 0.25) is 0 Å². The minimum absolute atomic E-state index is 0.0507. The van der Waals surface area contributed by atoms with E-state index in [0.29, 0.717) is 6.54 Å². The van der Waals surface area contributed by atoms with Gasteiger partial charge in [-0.25, -0.2) is 4.79 Å². The molecule has 1 aliphatic rings. The second kappa shape index (κ2) is 7.13. The second-order valence-electron chi connectivity index (χ2n) is 7.59. The van der Waals surface area contributed by atoms with E-state index >= 15 is 0 Å². The molecule has 144 valence electrons. The first-order valence-corrected chi connectivity index (χ1v) is 9.99. The average Bonchev–Trinajstić information content (AvgIpc) is 3.17. The highest BCUT2D eigenvalue weighted by Gasteiger charge is 2.23. The summed E-state index contributed by atoms with van der Waals surface area (Å²) < 4.78 is 0. The molecule has 0 saturated carbocycles. The number of fused-ring (bicyclic) bond motifs is 2. The van der Waals surface area contributed by atoms with E-state index in [-0.39, 0.29) is 6.03 Å². The molecule has 2 heterocycles. The third-order valence-electron chi connectivity index (χ3n) is 5.89. The van der Waals surface area contributed by atoms with Crippen molar-refractivity contribution in [2.24, 2.45) is 0 Å². The lowest BCUT2D eigenvalue weighted by Gasteiger charge is -2.30. The smallest absolute Gasteiger partial charge is 0.322 e. The van der Waals surface area contributed by atoms with E-state index in [1.165, 1.54) is 27.8 Å². The number of aromatic nitrogens is 1. The number of hydrogen-bond acceptors (Lipinski definition) is 1. The molecule has 4 heteroatoms. The number of urea groups is 1. The van der Waals surface area contributed by atoms with E-state index in [4.69, 9.17) is 0 Å². The summed E-state index contributed by atoms with van der Waals surface area (Å²) >= 11 is 0. The van der Waals surface area contributed by atoms with Crippen molar-refractivity contribution in [2.45, 2.75) is 19.9 Å². The Balaban J connectivity index is 1.37. The minimum atomic E-state index is -0.0507. The van der Waals surface area contributed by atoms with E-state index in [1.54, 1.807) is 0 Å². The molecule has 1 aliphatic heterocycles. The number of rotatable bonds is 2. The molecule has 0 bridgehead atoms. The fourth-order valence-corrected chi connectivity index (χ4v) is 4.31. The number of nitrogens with zero attached hydrogens (tertiary/aromatic N) is 1. The van der Waals surface area contributed by atoms with Crippen molar-refractivity contribution in [1.29, 1.82) is 0 Å². The van der Waals surface area contributed by atoms with Gasteiger partial charge in [0.15, 0.2) is 0 Å². The summed E-state index contributed by atoms with van der Waals surface area (Å²) in [5.41, 5.74) is 8.31. The van der Waals surface area contributed by atoms with Gasteiger partial charge in [-0.3, -0.25) is 0 Å². The summed E-state index contributed by atoms with van der Waals surface area (Å²) in [6, 6.07) is 22.8. The maximum atomic E-state index is 12.9. The number of anilines is 1. The van der Waals surface area contributed by atoms with E-state index in [1.807, 2.05) is 41.4 Å². The Morgan fingerprint density at radius 2 is 1.79 bits per heavy atom. The van der Waals surface area contributed by atoms with Crippen molar-refractivity contribution in [1.82, 2.24) is 9.88 Å². The lowest BCUT2D eigenvalue weighted by Crippen LogP contribution is -2.39. The molecule has 4 aromatic rings. The Morgan fingerprint density at radius 3 is 2.66 bits per heavy atom. The highest BCUT2D eigenvalue weighted by atomic mass is 16.2. The fraction of sp³-hybridized carbons (Fsp3) is 0.160. The summed E-state index contributed by atoms with van der Waals surface area (Å²) in [6.45, 7) is 3.56. The fourth-order valence-electron chi connectivity index (χ4n) is 4.31. The maximum absolute atomic E-state index is 12.9. The lowest BCUT2D eigenvalue weighted by molar-refractivity contribution is 0.206. The first-order chi connectivity index (χ1) is 14.2. The Hall–Kier alpha value is -3.53. The number of H-pyrrole nitrogens is 1. The van der Waals surface area contributed by atoms with Crippen LogP contribution in [0.3, 0.4) is 0 Å². The molecule has 0 atom stereocenters. The number of carbonyl (C=O) groups excluding carboxylic acids is 1. The van der Waals surface area contributed by atoms with Gasteiger partial charge in [0.25, 0.3) is 0 Å². The van der Waals surface area contributed by atoms with Crippen LogP contribution in [0.5, 0.6) is 0 Å². The number of amides is 2. The van der Waals surface area contributed by atoms with Gasteiger partial charge in [-0.2, -0.15) is 0 Å². The van der Waals surface area contributed by atoms with Crippen molar-refractivity contribution < 1.29 is 4.79 Å². The molecule has 4 nitrogen and oxygen atoms in total. The highest BCUT2D eigenvalue weighted by molar-refractivity contribution is 6.01. The van der Waals surface area contributed by atoms with Gasteiger partial charge in [-0.15, -0.1) is 0 Å². The van der Waals surface area contributed by atoms with Gasteiger partial charge in [-0.05, 0) is 47.2 Å². The van der Waals surface area contributed by atoms with Gasteiger partial charge in [0, 0.05) is 30.2 Å². The van der Waals surface area contributed by atoms with Gasteiger partial charge in [0.05, 0.1) is 5.69 Å². The SMILES string of the molecule is Cc1c(-c2ccccc2)ccc2c1CCN(C(=O)Nc1c[nH]c3ccccc13)C2. The number of benzene rings is 3. The molecule has 0 spiro atoms. The minimum Gasteiger partial charge on any atom is -0.359 e. The van der Waals surface area contributed by atoms with Crippen LogP contribution in [0.1, 0.15) is 16.7 Å². The monoisotopic (exact) mass is 381 g/mol. The third kappa shape index (κ3) is 3.17. The van der Waals surface area contributed by atoms with Gasteiger partial charge in [-0.1, -0.05) is 60.7 Å². The maximum Gasteiger partial charge on any atom is 0.322 e. The summed E-state index contributed by atoms with van der Waals surface area (Å²) in [5.74, 6) is 0. The van der Waals surface area contributed by atoms with Crippen LogP contribution < -0.4 is 5.32 Å². The first kappa shape index (κ1) is 17.6. The Bertz CT molecular complexity index is 1190. The van der Waals surface area contributed by atoms with Crippen molar-refractivity contribution in [3.8, 4) is 11.1 Å². The summed E-state index contributed by atoms with van der Waals surface area (Å²) in [6.07, 6.45) is 2.74. The van der Waals surface area contributed by atoms with Crippen LogP contribution in [0, 0.1) is 6.92 Å². The molecule has 0 saturated heterocycles. The molecule has 0 fully saturated rings. The Morgan fingerprint density at radius 1 is 1.00 bits per heavy atom. The number of hydrogen-bond donors (Lipinski definition) is 2. The van der Waals surface area contributed by atoms with Gasteiger partial charge >= 0.3 is 6.03 Å². The third-order valence-corrected chi connectivity index (χ3v) is 5.89. The van der Waals surface area contributed by atoms with Gasteiger partial charge in [0.2, 0.25) is 0 Å². The summed E-state index contributed by atoms with van der Waals surface area (Å²) in [4.78, 5) is 18.0. The zero-order valence-electron chi connectivity index (χ0n) is 16.4. The Labute approximate surface area is 170 Å². The van der Waals surface area contributed by atoms with Crippen molar-refractivity contribution in [3.05, 3.63) is 89.6 Å². The second-order valence-corrected chi connectivity index (χ2v) is 7.59. The van der Waals surface area contributed by atoms with E-state index < -0.39 is 0 Å². The number of aromatic amines is 1. The zero-order valence-corrected chi connectivity index (χ0v) is 16.4. The van der Waals surface area contributed by atoms with Crippen molar-refractivity contribution in [2.75, 3.05) is 11.9 Å². The molecule has 1 aromatic heterocycles. The normalized spacial score (nSPS) is 13.3. The van der Waals surface area contributed by atoms with E-state index in [9.17, 15) is 4.79 Å². The summed E-state index contributed by atoms with van der Waals surface area (Å²) in [5, 5.41) is 4.10. The van der Waals surface area contributed by atoms with Crippen LogP contribution in [-0.2, 0) is 13.0 Å². The van der Waals surface area contributed by atoms with E-state index in [0.717, 1.165) is 29.6 Å². The largest absolute Gasteiger partial charge is 0.359 e. The molecule has 3 aromatic carbocycles. The van der Waals surface area contributed by atoms with Crippen molar-refractivity contribution in [3.63, 3.8) is 0 Å². The van der Waals surface area contributed by atoms with Crippen LogP contribution in [0.15, 0.2) is 72.9 Å². The quantitative estimate of drug-likeness (QED) is 0.457. The number of para-hydroxylation sites is 1. The zero-order chi connectivity index (χ0) is 19.8. The molecule has 0 radical (unpaired) electrons. The van der Waals surface area contributed by atoms with E-state index in [2.05, 4.69) is 53.6 Å². The molecule has 0 unspecified atom stereocenters. The van der Waals surface area contributed by atoms with Crippen LogP contribution in [-0.4, -0.2) is 22.5 Å². The van der Waals surface area contributed by atoms with Gasteiger partial charge in [0.1, 0.15) is 0 Å². The predicted molar refractivity (Wildman–Crippen MR) is 118 cm³/mol. The standard InChI is InChI=1S/C25H23N3O/c1-17-20(18-7-3-2-4-8-18)12-11-19-16-28(14-13-21(17)19)25(29)27-24-15-26-23-10-6-5-9-22(23)24/h2-12,15,26H,13-14,16H2,1H3,(H,27,29). The molecule has 0 aliphatic carbocycles. The van der Waals surface area contributed by atoms with Crippen LogP contribution >= 0.6 is 0 Å². The van der Waals surface area contributed by atoms with Crippen LogP contribution in [0.25, 0.3) is 22.0 Å². The van der Waals surface area contributed by atoms with Crippen LogP contribution in [0.4, 0.5) is 10.5 Å². The predicted octanol–water partition coefficient (Wildman–Crippen LogP) is 5.73. The average molecular weight is 381 g/mol. The van der Waals surface area contributed by atoms with Crippen molar-refractivity contribution >= 4 is 22.6 Å². The number of carbonyl (C=O) groups is 1. The Kier molecular flexibility index (Phi) is 4.32. The highest BCUT2D eigenvalue weighted by Crippen LogP contribution is 2.31. The molecule has 5 rings (SSSR count). The lowest BCUT2D eigenvalue weighted by atomic mass is 9.89. The first-order valence-electron chi connectivity index (χ1n) is 9.99. The molecular weight excluding hydrogens is 358 g/mol. The number of nitrogens with one attached hydrogen (secondary N) is 2. The molecule has 2 N–H and O–H groups in total.